The van der Waals surface area contributed by atoms with Gasteiger partial charge >= 0.3 is 0 Å². The van der Waals surface area contributed by atoms with Crippen LogP contribution in [-0.2, 0) is 10.0 Å². The lowest BCUT2D eigenvalue weighted by molar-refractivity contribution is 0.101. The SMILES string of the molecule is CC(=O)c1cccc(S(=O)(=O)N2CCN(C(C)c3nc(N)c4c(C)c(C)sc4n3)CC2)c1. The Morgan fingerprint density at radius 3 is 2.50 bits per heavy atom. The second-order valence-corrected chi connectivity index (χ2v) is 11.3. The van der Waals surface area contributed by atoms with E-state index in [9.17, 15) is 13.2 Å². The summed E-state index contributed by atoms with van der Waals surface area (Å²) in [5.41, 5.74) is 7.75. The van der Waals surface area contributed by atoms with Gasteiger partial charge in [0.2, 0.25) is 10.0 Å². The number of benzene rings is 1. The van der Waals surface area contributed by atoms with Crippen molar-refractivity contribution in [1.82, 2.24) is 19.2 Å². The maximum atomic E-state index is 13.1. The predicted octanol–water partition coefficient (Wildman–Crippen LogP) is 3.16. The van der Waals surface area contributed by atoms with Crippen LogP contribution in [0.3, 0.4) is 0 Å². The van der Waals surface area contributed by atoms with Gasteiger partial charge < -0.3 is 5.73 Å². The van der Waals surface area contributed by atoms with E-state index in [-0.39, 0.29) is 16.7 Å². The Morgan fingerprint density at radius 1 is 1.16 bits per heavy atom. The van der Waals surface area contributed by atoms with Crippen LogP contribution in [0.4, 0.5) is 5.82 Å². The van der Waals surface area contributed by atoms with Gasteiger partial charge in [-0.1, -0.05) is 12.1 Å². The molecule has 2 aromatic heterocycles. The number of hydrogen-bond acceptors (Lipinski definition) is 8. The zero-order chi connectivity index (χ0) is 23.2. The minimum Gasteiger partial charge on any atom is -0.383 e. The fraction of sp³-hybridized carbons (Fsp3) is 0.409. The van der Waals surface area contributed by atoms with E-state index in [4.69, 9.17) is 10.7 Å². The summed E-state index contributed by atoms with van der Waals surface area (Å²) in [4.78, 5) is 25.4. The average molecular weight is 474 g/mol. The number of carbonyl (C=O) groups excluding carboxylic acids is 1. The molecule has 170 valence electrons. The molecule has 0 amide bonds. The predicted molar refractivity (Wildman–Crippen MR) is 126 cm³/mol. The Morgan fingerprint density at radius 2 is 1.84 bits per heavy atom. The molecule has 1 fully saturated rings. The van der Waals surface area contributed by atoms with E-state index in [1.165, 1.54) is 28.2 Å². The fourth-order valence-electron chi connectivity index (χ4n) is 4.00. The molecule has 2 N–H and O–H groups in total. The molecule has 0 bridgehead atoms. The maximum Gasteiger partial charge on any atom is 0.243 e. The minimum atomic E-state index is -3.66. The van der Waals surface area contributed by atoms with E-state index in [0.717, 1.165) is 15.8 Å². The molecule has 1 atom stereocenters. The first-order valence-electron chi connectivity index (χ1n) is 10.5. The highest BCUT2D eigenvalue weighted by atomic mass is 32.2. The summed E-state index contributed by atoms with van der Waals surface area (Å²) in [6, 6.07) is 6.13. The lowest BCUT2D eigenvalue weighted by Crippen LogP contribution is -2.49. The summed E-state index contributed by atoms with van der Waals surface area (Å²) in [5, 5.41) is 0.923. The van der Waals surface area contributed by atoms with Crippen molar-refractivity contribution in [1.29, 1.82) is 0 Å². The molecule has 1 aliphatic heterocycles. The number of fused-ring (bicyclic) bond motifs is 1. The Bertz CT molecular complexity index is 1290. The summed E-state index contributed by atoms with van der Waals surface area (Å²) in [7, 11) is -3.66. The highest BCUT2D eigenvalue weighted by Gasteiger charge is 2.31. The number of rotatable bonds is 5. The lowest BCUT2D eigenvalue weighted by Gasteiger charge is -2.36. The van der Waals surface area contributed by atoms with Crippen LogP contribution in [0.15, 0.2) is 29.2 Å². The summed E-state index contributed by atoms with van der Waals surface area (Å²) in [5.74, 6) is 0.986. The zero-order valence-corrected chi connectivity index (χ0v) is 20.3. The summed E-state index contributed by atoms with van der Waals surface area (Å²) in [6.45, 7) is 9.34. The molecule has 1 aliphatic rings. The largest absolute Gasteiger partial charge is 0.383 e. The van der Waals surface area contributed by atoms with Crippen LogP contribution in [-0.4, -0.2) is 59.6 Å². The third kappa shape index (κ3) is 4.03. The number of piperazine rings is 1. The first-order chi connectivity index (χ1) is 15.1. The molecule has 1 aromatic carbocycles. The van der Waals surface area contributed by atoms with Gasteiger partial charge in [0, 0.05) is 36.6 Å². The summed E-state index contributed by atoms with van der Waals surface area (Å²) >= 11 is 1.61. The molecule has 0 radical (unpaired) electrons. The van der Waals surface area contributed by atoms with Gasteiger partial charge in [0.05, 0.1) is 16.3 Å². The molecule has 1 unspecified atom stereocenters. The van der Waals surface area contributed by atoms with Gasteiger partial charge in [-0.3, -0.25) is 9.69 Å². The van der Waals surface area contributed by atoms with Gasteiger partial charge in [-0.2, -0.15) is 4.31 Å². The highest BCUT2D eigenvalue weighted by molar-refractivity contribution is 7.89. The van der Waals surface area contributed by atoms with Crippen LogP contribution >= 0.6 is 11.3 Å². The van der Waals surface area contributed by atoms with Gasteiger partial charge in [0.1, 0.15) is 16.5 Å². The molecule has 1 saturated heterocycles. The molecule has 8 nitrogen and oxygen atoms in total. The second-order valence-electron chi connectivity index (χ2n) is 8.13. The standard InChI is InChI=1S/C22H27N5O3S2/c1-13-16(4)31-22-19(13)20(23)24-21(25-22)14(2)26-8-10-27(11-9-26)32(29,30)18-7-5-6-17(12-18)15(3)28/h5-7,12,14H,8-11H2,1-4H3,(H2,23,24,25). The smallest absolute Gasteiger partial charge is 0.243 e. The van der Waals surface area contributed by atoms with Crippen molar-refractivity contribution in [2.75, 3.05) is 31.9 Å². The van der Waals surface area contributed by atoms with Crippen LogP contribution < -0.4 is 5.73 Å². The topological polar surface area (TPSA) is 109 Å². The Labute approximate surface area is 192 Å². The van der Waals surface area contributed by atoms with E-state index in [1.54, 1.807) is 23.5 Å². The van der Waals surface area contributed by atoms with E-state index in [0.29, 0.717) is 43.4 Å². The van der Waals surface area contributed by atoms with Crippen LogP contribution in [0.2, 0.25) is 0 Å². The molecule has 0 spiro atoms. The first kappa shape index (κ1) is 22.8. The van der Waals surface area contributed by atoms with Crippen molar-refractivity contribution in [3.8, 4) is 0 Å². The van der Waals surface area contributed by atoms with Gasteiger partial charge in [0.25, 0.3) is 0 Å². The quantitative estimate of drug-likeness (QED) is 0.567. The maximum absolute atomic E-state index is 13.1. The molecule has 32 heavy (non-hydrogen) atoms. The number of sulfonamides is 1. The second kappa shape index (κ2) is 8.51. The van der Waals surface area contributed by atoms with Crippen molar-refractivity contribution in [2.45, 2.75) is 38.6 Å². The van der Waals surface area contributed by atoms with E-state index in [2.05, 4.69) is 16.8 Å². The Balaban J connectivity index is 1.50. The summed E-state index contributed by atoms with van der Waals surface area (Å²) in [6.07, 6.45) is 0. The van der Waals surface area contributed by atoms with E-state index in [1.807, 2.05) is 13.8 Å². The number of nitrogens with zero attached hydrogens (tertiary/aromatic N) is 4. The number of Topliss-reactive ketones (excluding diaryl/α,β-unsaturated/α-hetero) is 1. The van der Waals surface area contributed by atoms with Crippen LogP contribution in [0.25, 0.3) is 10.2 Å². The number of thiophene rings is 1. The molecule has 4 rings (SSSR count). The number of anilines is 1. The third-order valence-corrected chi connectivity index (χ3v) is 9.14. The summed E-state index contributed by atoms with van der Waals surface area (Å²) < 4.78 is 27.7. The molecular weight excluding hydrogens is 446 g/mol. The normalized spacial score (nSPS) is 17.0. The Kier molecular flexibility index (Phi) is 6.06. The fourth-order valence-corrected chi connectivity index (χ4v) is 6.52. The number of carbonyl (C=O) groups is 1. The van der Waals surface area contributed by atoms with Crippen molar-refractivity contribution in [3.05, 3.63) is 46.1 Å². The minimum absolute atomic E-state index is 0.0877. The van der Waals surface area contributed by atoms with Crippen molar-refractivity contribution in [3.63, 3.8) is 0 Å². The van der Waals surface area contributed by atoms with Crippen LogP contribution in [0.5, 0.6) is 0 Å². The van der Waals surface area contributed by atoms with E-state index < -0.39 is 10.0 Å². The number of hydrogen-bond donors (Lipinski definition) is 1. The number of nitrogens with two attached hydrogens (primary N) is 1. The molecule has 3 heterocycles. The van der Waals surface area contributed by atoms with Gasteiger partial charge in [-0.15, -0.1) is 11.3 Å². The van der Waals surface area contributed by atoms with Gasteiger partial charge in [0.15, 0.2) is 5.78 Å². The lowest BCUT2D eigenvalue weighted by atomic mass is 10.2. The average Bonchev–Trinajstić information content (AvgIpc) is 3.07. The highest BCUT2D eigenvalue weighted by Crippen LogP contribution is 2.33. The van der Waals surface area contributed by atoms with Crippen molar-refractivity contribution >= 4 is 43.2 Å². The first-order valence-corrected chi connectivity index (χ1v) is 12.7. The molecule has 10 heteroatoms. The van der Waals surface area contributed by atoms with Crippen molar-refractivity contribution in [2.24, 2.45) is 0 Å². The Hall–Kier alpha value is -2.40. The van der Waals surface area contributed by atoms with E-state index >= 15 is 0 Å². The molecular formula is C22H27N5O3S2. The number of nitrogen functional groups attached to an aromatic ring is 1. The monoisotopic (exact) mass is 473 g/mol. The number of aryl methyl sites for hydroxylation is 2. The molecule has 0 saturated carbocycles. The molecule has 0 aliphatic carbocycles. The van der Waals surface area contributed by atoms with Gasteiger partial charge in [-0.25, -0.2) is 18.4 Å². The number of ketones is 1. The number of aromatic nitrogens is 2. The van der Waals surface area contributed by atoms with Crippen LogP contribution in [0, 0.1) is 13.8 Å². The molecule has 3 aromatic rings. The van der Waals surface area contributed by atoms with Gasteiger partial charge in [-0.05, 0) is 45.4 Å². The van der Waals surface area contributed by atoms with Crippen molar-refractivity contribution < 1.29 is 13.2 Å². The van der Waals surface area contributed by atoms with Crippen LogP contribution in [0.1, 0.15) is 46.5 Å². The zero-order valence-electron chi connectivity index (χ0n) is 18.6. The third-order valence-electron chi connectivity index (χ3n) is 6.15.